The van der Waals surface area contributed by atoms with Gasteiger partial charge < -0.3 is 19.9 Å². The summed E-state index contributed by atoms with van der Waals surface area (Å²) in [6, 6.07) is 3.35. The van der Waals surface area contributed by atoms with Crippen LogP contribution in [0.25, 0.3) is 11.4 Å². The van der Waals surface area contributed by atoms with E-state index in [9.17, 15) is 27.9 Å². The van der Waals surface area contributed by atoms with Gasteiger partial charge in [0.2, 0.25) is 0 Å². The molecule has 2 N–H and O–H groups in total. The zero-order chi connectivity index (χ0) is 25.0. The summed E-state index contributed by atoms with van der Waals surface area (Å²) in [6.45, 7) is 2.29. The van der Waals surface area contributed by atoms with E-state index >= 15 is 0 Å². The summed E-state index contributed by atoms with van der Waals surface area (Å²) in [4.78, 5) is 27.5. The van der Waals surface area contributed by atoms with Gasteiger partial charge in [-0.05, 0) is 51.7 Å². The number of carbonyl (C=O) groups is 2. The highest BCUT2D eigenvalue weighted by Crippen LogP contribution is 2.30. The number of aromatic nitrogens is 4. The van der Waals surface area contributed by atoms with Gasteiger partial charge in [0.25, 0.3) is 0 Å². The number of hydrogen-bond donors (Lipinski definition) is 2. The first-order valence-corrected chi connectivity index (χ1v) is 10.7. The lowest BCUT2D eigenvalue weighted by Gasteiger charge is -2.27. The fourth-order valence-corrected chi connectivity index (χ4v) is 3.66. The molecule has 0 radical (unpaired) electrons. The number of hydrogen-bond acceptors (Lipinski definition) is 7. The molecule has 1 saturated carbocycles. The molecule has 13 heteroatoms. The molecule has 186 valence electrons. The largest absolute Gasteiger partial charge is 0.489 e. The molecule has 1 amide bonds. The van der Waals surface area contributed by atoms with E-state index in [4.69, 9.17) is 4.74 Å². The Morgan fingerprint density at radius 2 is 2.06 bits per heavy atom. The molecule has 2 heterocycles. The molecule has 34 heavy (non-hydrogen) atoms. The number of carboxylic acids is 1. The average molecular weight is 485 g/mol. The predicted octanol–water partition coefficient (Wildman–Crippen LogP) is 3.38. The number of pyridine rings is 1. The standard InChI is InChI=1S/C21H26F3N5O5/c1-11-17(34-14-6-4-5-13(9-14)19(30)31)8-7-15(26-11)18-16(29(3)28-27-18)10-25-20(32)33-12(2)21(22,23)24/h7-8,12-14H,4-6,9-10H2,1-3H3,(H,25,32)(H,30,31)/t12?,13-,14-/m0/s1. The summed E-state index contributed by atoms with van der Waals surface area (Å²) in [5, 5.41) is 19.5. The molecule has 2 aromatic heterocycles. The number of carbonyl (C=O) groups excluding carboxylic acids is 1. The van der Waals surface area contributed by atoms with E-state index in [2.05, 4.69) is 25.3 Å². The summed E-state index contributed by atoms with van der Waals surface area (Å²) in [6.07, 6.45) is -5.76. The van der Waals surface area contributed by atoms with E-state index < -0.39 is 30.3 Å². The van der Waals surface area contributed by atoms with Crippen LogP contribution in [0.3, 0.4) is 0 Å². The van der Waals surface area contributed by atoms with Crippen molar-refractivity contribution in [3.8, 4) is 17.1 Å². The van der Waals surface area contributed by atoms with Gasteiger partial charge in [-0.25, -0.2) is 14.5 Å². The Balaban J connectivity index is 1.68. The summed E-state index contributed by atoms with van der Waals surface area (Å²) < 4.78 is 49.4. The Morgan fingerprint density at radius 3 is 2.71 bits per heavy atom. The van der Waals surface area contributed by atoms with Crippen molar-refractivity contribution in [2.75, 3.05) is 0 Å². The van der Waals surface area contributed by atoms with Crippen LogP contribution in [0, 0.1) is 12.8 Å². The maximum atomic E-state index is 12.6. The lowest BCUT2D eigenvalue weighted by Crippen LogP contribution is -2.35. The summed E-state index contributed by atoms with van der Waals surface area (Å²) >= 11 is 0. The van der Waals surface area contributed by atoms with Crippen molar-refractivity contribution < 1.29 is 37.3 Å². The van der Waals surface area contributed by atoms with E-state index in [1.165, 1.54) is 4.68 Å². The maximum absolute atomic E-state index is 12.6. The summed E-state index contributed by atoms with van der Waals surface area (Å²) in [7, 11) is 1.57. The highest BCUT2D eigenvalue weighted by molar-refractivity contribution is 5.70. The molecule has 1 aliphatic rings. The monoisotopic (exact) mass is 485 g/mol. The molecule has 1 aliphatic carbocycles. The van der Waals surface area contributed by atoms with Gasteiger partial charge in [0.05, 0.1) is 35.6 Å². The van der Waals surface area contributed by atoms with Crippen molar-refractivity contribution in [2.45, 2.75) is 64.5 Å². The third kappa shape index (κ3) is 6.14. The highest BCUT2D eigenvalue weighted by atomic mass is 19.4. The van der Waals surface area contributed by atoms with Crippen molar-refractivity contribution in [2.24, 2.45) is 13.0 Å². The molecule has 3 atom stereocenters. The number of amides is 1. The Hall–Kier alpha value is -3.38. The van der Waals surface area contributed by atoms with Crippen LogP contribution in [-0.2, 0) is 23.1 Å². The molecule has 1 unspecified atom stereocenters. The van der Waals surface area contributed by atoms with Gasteiger partial charge in [0.1, 0.15) is 11.4 Å². The smallest absolute Gasteiger partial charge is 0.425 e. The van der Waals surface area contributed by atoms with Gasteiger partial charge in [0, 0.05) is 7.05 Å². The first-order chi connectivity index (χ1) is 16.0. The van der Waals surface area contributed by atoms with Crippen LogP contribution in [0.4, 0.5) is 18.0 Å². The number of rotatable bonds is 7. The Bertz CT molecular complexity index is 1040. The Labute approximate surface area is 193 Å². The SMILES string of the molecule is Cc1nc(-c2nnn(C)c2CNC(=O)OC(C)C(F)(F)F)ccc1O[C@H]1CCC[C@H](C(=O)O)C1. The van der Waals surface area contributed by atoms with Crippen molar-refractivity contribution in [3.05, 3.63) is 23.5 Å². The van der Waals surface area contributed by atoms with Crippen LogP contribution in [-0.4, -0.2) is 55.5 Å². The molecular weight excluding hydrogens is 459 g/mol. The molecule has 10 nitrogen and oxygen atoms in total. The topological polar surface area (TPSA) is 128 Å². The lowest BCUT2D eigenvalue weighted by atomic mass is 9.87. The second-order valence-corrected chi connectivity index (χ2v) is 8.17. The van der Waals surface area contributed by atoms with Gasteiger partial charge in [-0.2, -0.15) is 13.2 Å². The number of alkyl carbamates (subject to hydrolysis) is 1. The van der Waals surface area contributed by atoms with Crippen LogP contribution in [0.5, 0.6) is 5.75 Å². The molecule has 2 aromatic rings. The first kappa shape index (κ1) is 25.2. The van der Waals surface area contributed by atoms with E-state index in [-0.39, 0.29) is 12.6 Å². The number of carboxylic acid groups (broad SMARTS) is 1. The molecular formula is C21H26F3N5O5. The number of alkyl halides is 3. The third-order valence-corrected chi connectivity index (χ3v) is 5.64. The fourth-order valence-electron chi connectivity index (χ4n) is 3.66. The molecule has 0 aromatic carbocycles. The molecule has 0 spiro atoms. The fraction of sp³-hybridized carbons (Fsp3) is 0.571. The third-order valence-electron chi connectivity index (χ3n) is 5.64. The quantitative estimate of drug-likeness (QED) is 0.611. The zero-order valence-corrected chi connectivity index (χ0v) is 18.9. The van der Waals surface area contributed by atoms with Gasteiger partial charge in [0.15, 0.2) is 6.10 Å². The lowest BCUT2D eigenvalue weighted by molar-refractivity contribution is -0.197. The molecule has 0 bridgehead atoms. The number of aryl methyl sites for hydroxylation is 2. The molecule has 0 aliphatic heterocycles. The molecule has 1 fully saturated rings. The number of halogens is 3. The van der Waals surface area contributed by atoms with E-state index in [0.717, 1.165) is 19.8 Å². The van der Waals surface area contributed by atoms with E-state index in [0.29, 0.717) is 41.4 Å². The van der Waals surface area contributed by atoms with Crippen molar-refractivity contribution in [3.63, 3.8) is 0 Å². The van der Waals surface area contributed by atoms with Crippen LogP contribution < -0.4 is 10.1 Å². The van der Waals surface area contributed by atoms with Crippen molar-refractivity contribution in [1.29, 1.82) is 0 Å². The number of nitrogens with one attached hydrogen (secondary N) is 1. The summed E-state index contributed by atoms with van der Waals surface area (Å²) in [5.41, 5.74) is 1.73. The molecule has 3 rings (SSSR count). The highest BCUT2D eigenvalue weighted by Gasteiger charge is 2.39. The minimum Gasteiger partial charge on any atom is -0.489 e. The minimum atomic E-state index is -4.66. The second-order valence-electron chi connectivity index (χ2n) is 8.17. The van der Waals surface area contributed by atoms with Crippen LogP contribution in [0.1, 0.15) is 44.0 Å². The normalized spacial score (nSPS) is 19.4. The zero-order valence-electron chi connectivity index (χ0n) is 18.9. The van der Waals surface area contributed by atoms with E-state index in [1.807, 2.05) is 0 Å². The second kappa shape index (κ2) is 10.3. The maximum Gasteiger partial charge on any atom is 0.425 e. The minimum absolute atomic E-state index is 0.181. The van der Waals surface area contributed by atoms with Gasteiger partial charge in [-0.3, -0.25) is 4.79 Å². The van der Waals surface area contributed by atoms with Crippen molar-refractivity contribution >= 4 is 12.1 Å². The number of aliphatic carboxylic acids is 1. The number of nitrogens with zero attached hydrogens (tertiary/aromatic N) is 4. The van der Waals surface area contributed by atoms with Gasteiger partial charge in [-0.1, -0.05) is 5.21 Å². The average Bonchev–Trinajstić information content (AvgIpc) is 3.13. The Morgan fingerprint density at radius 1 is 1.32 bits per heavy atom. The van der Waals surface area contributed by atoms with Gasteiger partial charge >= 0.3 is 18.2 Å². The van der Waals surface area contributed by atoms with E-state index in [1.54, 1.807) is 26.1 Å². The van der Waals surface area contributed by atoms with Crippen LogP contribution in [0.15, 0.2) is 12.1 Å². The predicted molar refractivity (Wildman–Crippen MR) is 112 cm³/mol. The molecule has 0 saturated heterocycles. The first-order valence-electron chi connectivity index (χ1n) is 10.7. The van der Waals surface area contributed by atoms with Gasteiger partial charge in [-0.15, -0.1) is 5.10 Å². The number of ether oxygens (including phenoxy) is 2. The van der Waals surface area contributed by atoms with Crippen LogP contribution in [0.2, 0.25) is 0 Å². The van der Waals surface area contributed by atoms with Crippen molar-refractivity contribution in [1.82, 2.24) is 25.3 Å². The van der Waals surface area contributed by atoms with Crippen LogP contribution >= 0.6 is 0 Å². The Kier molecular flexibility index (Phi) is 7.62. The summed E-state index contributed by atoms with van der Waals surface area (Å²) in [5.74, 6) is -0.723.